The lowest BCUT2D eigenvalue weighted by Crippen LogP contribution is -2.08. The second kappa shape index (κ2) is 1.82. The summed E-state index contributed by atoms with van der Waals surface area (Å²) in [5.41, 5.74) is 5.45. The van der Waals surface area contributed by atoms with Crippen molar-refractivity contribution >= 4 is 16.9 Å². The second-order valence-electron chi connectivity index (χ2n) is 2.09. The normalized spacial score (nSPS) is 10.5. The van der Waals surface area contributed by atoms with Gasteiger partial charge in [0.05, 0.1) is 5.39 Å². The molecule has 0 amide bonds. The van der Waals surface area contributed by atoms with Crippen molar-refractivity contribution in [2.24, 2.45) is 0 Å². The molecule has 2 aromatic rings. The summed E-state index contributed by atoms with van der Waals surface area (Å²) in [6.45, 7) is 0. The van der Waals surface area contributed by atoms with E-state index >= 15 is 0 Å². The highest BCUT2D eigenvalue weighted by Gasteiger charge is 2.01. The van der Waals surface area contributed by atoms with Crippen molar-refractivity contribution < 1.29 is 0 Å². The quantitative estimate of drug-likeness (QED) is 0.460. The van der Waals surface area contributed by atoms with Crippen molar-refractivity contribution in [1.82, 2.24) is 20.2 Å². The van der Waals surface area contributed by atoms with E-state index in [2.05, 4.69) is 20.2 Å². The number of H-pyrrole nitrogens is 2. The van der Waals surface area contributed by atoms with Gasteiger partial charge in [-0.3, -0.25) is 10.1 Å². The summed E-state index contributed by atoms with van der Waals surface area (Å²) in [5.74, 6) is 0.406. The van der Waals surface area contributed by atoms with Crippen molar-refractivity contribution in [3.8, 4) is 0 Å². The first-order chi connectivity index (χ1) is 5.27. The number of hydrogen-bond acceptors (Lipinski definition) is 4. The zero-order valence-corrected chi connectivity index (χ0v) is 5.46. The van der Waals surface area contributed by atoms with E-state index < -0.39 is 5.69 Å². The molecular formula is C5H5N5O. The molecule has 11 heavy (non-hydrogen) atoms. The van der Waals surface area contributed by atoms with E-state index in [1.807, 2.05) is 0 Å². The van der Waals surface area contributed by atoms with Crippen LogP contribution in [0.15, 0.2) is 11.0 Å². The van der Waals surface area contributed by atoms with Gasteiger partial charge in [-0.05, 0) is 0 Å². The minimum Gasteiger partial charge on any atom is -0.383 e. The Morgan fingerprint density at radius 1 is 1.55 bits per heavy atom. The molecule has 0 aliphatic heterocycles. The number of aromatic nitrogens is 4. The van der Waals surface area contributed by atoms with Crippen LogP contribution in [0.3, 0.4) is 0 Å². The van der Waals surface area contributed by atoms with Crippen LogP contribution in [-0.4, -0.2) is 20.2 Å². The first kappa shape index (κ1) is 5.90. The molecule has 0 bridgehead atoms. The molecule has 4 N–H and O–H groups in total. The van der Waals surface area contributed by atoms with Gasteiger partial charge >= 0.3 is 5.69 Å². The van der Waals surface area contributed by atoms with Crippen LogP contribution in [0, 0.1) is 0 Å². The molecule has 0 atom stereocenters. The molecule has 2 heterocycles. The van der Waals surface area contributed by atoms with Crippen LogP contribution in [0.2, 0.25) is 0 Å². The number of nitrogens with one attached hydrogen (secondary N) is 2. The van der Waals surface area contributed by atoms with Crippen molar-refractivity contribution in [2.75, 3.05) is 5.73 Å². The molecule has 6 nitrogen and oxygen atoms in total. The summed E-state index contributed by atoms with van der Waals surface area (Å²) in [5, 5.41) is 6.88. The maximum absolute atomic E-state index is 10.6. The molecule has 0 unspecified atom stereocenters. The van der Waals surface area contributed by atoms with Crippen LogP contribution in [0.5, 0.6) is 0 Å². The molecule has 2 aromatic heterocycles. The van der Waals surface area contributed by atoms with Gasteiger partial charge in [-0.15, -0.1) is 0 Å². The van der Waals surface area contributed by atoms with E-state index in [0.29, 0.717) is 16.9 Å². The third-order valence-electron chi connectivity index (χ3n) is 1.37. The van der Waals surface area contributed by atoms with Crippen LogP contribution in [0.4, 0.5) is 5.82 Å². The van der Waals surface area contributed by atoms with Gasteiger partial charge in [0.2, 0.25) is 0 Å². The summed E-state index contributed by atoms with van der Waals surface area (Å²) < 4.78 is 0. The minimum absolute atomic E-state index is 0.406. The molecule has 0 spiro atoms. The molecule has 0 aromatic carbocycles. The van der Waals surface area contributed by atoms with Gasteiger partial charge in [-0.25, -0.2) is 9.78 Å². The number of anilines is 1. The molecule has 2 rings (SSSR count). The summed E-state index contributed by atoms with van der Waals surface area (Å²) >= 11 is 0. The molecule has 6 heteroatoms. The number of nitrogens with zero attached hydrogens (tertiary/aromatic N) is 2. The Morgan fingerprint density at radius 3 is 3.18 bits per heavy atom. The van der Waals surface area contributed by atoms with E-state index in [4.69, 9.17) is 5.73 Å². The Kier molecular flexibility index (Phi) is 0.974. The summed E-state index contributed by atoms with van der Waals surface area (Å²) in [6, 6.07) is 0. The average molecular weight is 151 g/mol. The van der Waals surface area contributed by atoms with Gasteiger partial charge in [-0.2, -0.15) is 5.10 Å². The highest BCUT2D eigenvalue weighted by atomic mass is 16.1. The minimum atomic E-state index is -0.427. The number of nitrogens with two attached hydrogens (primary N) is 1. The van der Waals surface area contributed by atoms with Gasteiger partial charge in [0, 0.05) is 6.20 Å². The molecule has 0 aliphatic carbocycles. The molecule has 0 saturated carbocycles. The summed E-state index contributed by atoms with van der Waals surface area (Å²) in [7, 11) is 0. The Labute approximate surface area is 60.5 Å². The molecule has 0 radical (unpaired) electrons. The lowest BCUT2D eigenvalue weighted by Gasteiger charge is -1.84. The number of nitrogen functional groups attached to an aromatic ring is 1. The van der Waals surface area contributed by atoms with Gasteiger partial charge < -0.3 is 5.73 Å². The van der Waals surface area contributed by atoms with Crippen LogP contribution in [0.25, 0.3) is 11.0 Å². The molecule has 56 valence electrons. The summed E-state index contributed by atoms with van der Waals surface area (Å²) in [6.07, 6.45) is 1.38. The van der Waals surface area contributed by atoms with Crippen LogP contribution in [0.1, 0.15) is 0 Å². The highest BCUT2D eigenvalue weighted by molar-refractivity contribution is 5.84. The number of aromatic amines is 2. The smallest absolute Gasteiger partial charge is 0.346 e. The monoisotopic (exact) mass is 151 g/mol. The van der Waals surface area contributed by atoms with Crippen molar-refractivity contribution in [3.63, 3.8) is 0 Å². The van der Waals surface area contributed by atoms with E-state index in [1.54, 1.807) is 0 Å². The number of hydrogen-bond donors (Lipinski definition) is 3. The fraction of sp³-hybridized carbons (Fsp3) is 0. The molecular weight excluding hydrogens is 146 g/mol. The molecule has 0 fully saturated rings. The second-order valence-corrected chi connectivity index (χ2v) is 2.09. The van der Waals surface area contributed by atoms with Gasteiger partial charge in [0.1, 0.15) is 5.82 Å². The lowest BCUT2D eigenvalue weighted by molar-refractivity contribution is 1.06. The predicted octanol–water partition coefficient (Wildman–Crippen LogP) is -0.772. The van der Waals surface area contributed by atoms with E-state index in [-0.39, 0.29) is 0 Å². The van der Waals surface area contributed by atoms with Crippen molar-refractivity contribution in [2.45, 2.75) is 0 Å². The first-order valence-electron chi connectivity index (χ1n) is 2.96. The maximum Gasteiger partial charge on any atom is 0.346 e. The fourth-order valence-corrected chi connectivity index (χ4v) is 0.847. The fourth-order valence-electron chi connectivity index (χ4n) is 0.847. The van der Waals surface area contributed by atoms with E-state index in [9.17, 15) is 4.79 Å². The Balaban J connectivity index is 2.96. The van der Waals surface area contributed by atoms with E-state index in [1.165, 1.54) is 6.20 Å². The zero-order valence-electron chi connectivity index (χ0n) is 5.46. The highest BCUT2D eigenvalue weighted by Crippen LogP contribution is 2.10. The zero-order chi connectivity index (χ0) is 7.84. The van der Waals surface area contributed by atoms with Crippen molar-refractivity contribution in [3.05, 3.63) is 16.7 Å². The SMILES string of the molecule is Nc1[nH]nc2[nH]c(=O)ncc12. The predicted molar refractivity (Wildman–Crippen MR) is 38.9 cm³/mol. The van der Waals surface area contributed by atoms with Gasteiger partial charge in [0.25, 0.3) is 0 Å². The maximum atomic E-state index is 10.6. The van der Waals surface area contributed by atoms with Crippen LogP contribution >= 0.6 is 0 Å². The third-order valence-corrected chi connectivity index (χ3v) is 1.37. The van der Waals surface area contributed by atoms with Crippen LogP contribution in [-0.2, 0) is 0 Å². The van der Waals surface area contributed by atoms with E-state index in [0.717, 1.165) is 0 Å². The Bertz CT molecular complexity index is 441. The number of rotatable bonds is 0. The van der Waals surface area contributed by atoms with Gasteiger partial charge in [-0.1, -0.05) is 0 Å². The lowest BCUT2D eigenvalue weighted by atomic mass is 10.4. The Hall–Kier alpha value is -1.85. The van der Waals surface area contributed by atoms with Crippen LogP contribution < -0.4 is 11.4 Å². The third kappa shape index (κ3) is 0.759. The molecule has 0 aliphatic rings. The topological polar surface area (TPSA) is 100 Å². The largest absolute Gasteiger partial charge is 0.383 e. The Morgan fingerprint density at radius 2 is 2.36 bits per heavy atom. The number of fused-ring (bicyclic) bond motifs is 1. The molecule has 0 saturated heterocycles. The summed E-state index contributed by atoms with van der Waals surface area (Å²) in [4.78, 5) is 16.5. The first-order valence-corrected chi connectivity index (χ1v) is 2.96. The standard InChI is InChI=1S/C5H5N5O/c6-3-2-1-7-5(11)8-4(2)10-9-3/h1H,(H4,6,7,8,9,10,11). The average Bonchev–Trinajstić information content (AvgIpc) is 2.32. The van der Waals surface area contributed by atoms with Crippen molar-refractivity contribution in [1.29, 1.82) is 0 Å². The van der Waals surface area contributed by atoms with Gasteiger partial charge in [0.15, 0.2) is 5.65 Å².